The van der Waals surface area contributed by atoms with Crippen molar-refractivity contribution in [2.45, 2.75) is 20.3 Å². The maximum Gasteiger partial charge on any atom is 0.319 e. The highest BCUT2D eigenvalue weighted by Crippen LogP contribution is 2.10. The Balaban J connectivity index is 1.44. The van der Waals surface area contributed by atoms with Crippen LogP contribution in [-0.4, -0.2) is 34.4 Å². The molecule has 0 aliphatic carbocycles. The van der Waals surface area contributed by atoms with Crippen molar-refractivity contribution in [3.8, 4) is 0 Å². The number of hydrogen-bond donors (Lipinski definition) is 3. The van der Waals surface area contributed by atoms with Crippen molar-refractivity contribution in [2.75, 3.05) is 18.4 Å². The van der Waals surface area contributed by atoms with Gasteiger partial charge in [0.25, 0.3) is 5.91 Å². The summed E-state index contributed by atoms with van der Waals surface area (Å²) < 4.78 is 1.95. The third-order valence-corrected chi connectivity index (χ3v) is 4.16. The molecule has 0 aliphatic heterocycles. The molecule has 2 aromatic heterocycles. The number of pyridine rings is 1. The average molecular weight is 379 g/mol. The van der Waals surface area contributed by atoms with Crippen LogP contribution in [0.1, 0.15) is 29.9 Å². The van der Waals surface area contributed by atoms with Crippen molar-refractivity contribution in [2.24, 2.45) is 5.92 Å². The highest BCUT2D eigenvalue weighted by atomic mass is 16.2. The summed E-state index contributed by atoms with van der Waals surface area (Å²) in [4.78, 5) is 28.5. The maximum absolute atomic E-state index is 12.0. The summed E-state index contributed by atoms with van der Waals surface area (Å²) in [5, 5.41) is 8.44. The van der Waals surface area contributed by atoms with Crippen molar-refractivity contribution >= 4 is 23.3 Å². The summed E-state index contributed by atoms with van der Waals surface area (Å²) in [5.74, 6) is 0.284. The quantitative estimate of drug-likeness (QED) is 0.589. The molecule has 0 aliphatic rings. The van der Waals surface area contributed by atoms with Crippen molar-refractivity contribution in [1.29, 1.82) is 0 Å². The second kappa shape index (κ2) is 9.03. The molecule has 0 saturated heterocycles. The molecule has 146 valence electrons. The van der Waals surface area contributed by atoms with Crippen molar-refractivity contribution < 1.29 is 9.59 Å². The molecule has 0 spiro atoms. The zero-order valence-corrected chi connectivity index (χ0v) is 16.1. The number of nitrogens with one attached hydrogen (secondary N) is 3. The van der Waals surface area contributed by atoms with Gasteiger partial charge in [0.2, 0.25) is 0 Å². The number of carbonyl (C=O) groups is 2. The van der Waals surface area contributed by atoms with Gasteiger partial charge < -0.3 is 20.4 Å². The number of carbonyl (C=O) groups excluding carboxylic acids is 2. The van der Waals surface area contributed by atoms with E-state index in [-0.39, 0.29) is 11.9 Å². The number of anilines is 1. The van der Waals surface area contributed by atoms with Crippen LogP contribution in [0.2, 0.25) is 0 Å². The summed E-state index contributed by atoms with van der Waals surface area (Å²) in [6, 6.07) is 12.4. The fraction of sp³-hybridized carbons (Fsp3) is 0.286. The maximum atomic E-state index is 12.0. The largest absolute Gasteiger partial charge is 0.352 e. The van der Waals surface area contributed by atoms with Gasteiger partial charge in [0.1, 0.15) is 5.65 Å². The summed E-state index contributed by atoms with van der Waals surface area (Å²) in [7, 11) is 0. The van der Waals surface area contributed by atoms with E-state index in [0.717, 1.165) is 11.3 Å². The van der Waals surface area contributed by atoms with Crippen molar-refractivity contribution in [3.05, 3.63) is 66.1 Å². The first-order valence-electron chi connectivity index (χ1n) is 9.37. The van der Waals surface area contributed by atoms with Gasteiger partial charge in [0, 0.05) is 43.2 Å². The normalized spacial score (nSPS) is 10.8. The van der Waals surface area contributed by atoms with Crippen LogP contribution in [0.4, 0.5) is 10.5 Å². The van der Waals surface area contributed by atoms with Gasteiger partial charge in [-0.25, -0.2) is 9.78 Å². The van der Waals surface area contributed by atoms with Crippen LogP contribution < -0.4 is 16.0 Å². The molecule has 3 N–H and O–H groups in total. The van der Waals surface area contributed by atoms with Gasteiger partial charge in [0.15, 0.2) is 0 Å². The molecule has 0 radical (unpaired) electrons. The zero-order valence-electron chi connectivity index (χ0n) is 16.1. The molecule has 0 atom stereocenters. The molecule has 7 nitrogen and oxygen atoms in total. The van der Waals surface area contributed by atoms with Crippen LogP contribution in [0.3, 0.4) is 0 Å². The molecule has 3 aromatic rings. The first-order valence-corrected chi connectivity index (χ1v) is 9.37. The van der Waals surface area contributed by atoms with E-state index in [9.17, 15) is 9.59 Å². The minimum Gasteiger partial charge on any atom is -0.352 e. The molecule has 0 bridgehead atoms. The van der Waals surface area contributed by atoms with Crippen molar-refractivity contribution in [1.82, 2.24) is 20.0 Å². The van der Waals surface area contributed by atoms with Gasteiger partial charge in [-0.3, -0.25) is 4.79 Å². The Morgan fingerprint density at radius 2 is 1.86 bits per heavy atom. The Hall–Kier alpha value is -3.35. The van der Waals surface area contributed by atoms with Gasteiger partial charge in [-0.15, -0.1) is 0 Å². The number of amides is 3. The fourth-order valence-electron chi connectivity index (χ4n) is 2.69. The number of aromatic nitrogens is 2. The molecule has 3 amide bonds. The zero-order chi connectivity index (χ0) is 19.9. The molecule has 28 heavy (non-hydrogen) atoms. The molecule has 1 aromatic carbocycles. The first kappa shape index (κ1) is 19.4. The Morgan fingerprint density at radius 1 is 1.07 bits per heavy atom. The van der Waals surface area contributed by atoms with Crippen LogP contribution in [0.15, 0.2) is 54.9 Å². The summed E-state index contributed by atoms with van der Waals surface area (Å²) >= 11 is 0. The Kier molecular flexibility index (Phi) is 6.26. The minimum absolute atomic E-state index is 0.114. The molecule has 0 fully saturated rings. The monoisotopic (exact) mass is 379 g/mol. The topological polar surface area (TPSA) is 87.5 Å². The Morgan fingerprint density at radius 3 is 2.57 bits per heavy atom. The lowest BCUT2D eigenvalue weighted by molar-refractivity contribution is 0.0949. The van der Waals surface area contributed by atoms with Crippen LogP contribution in [0.5, 0.6) is 0 Å². The number of urea groups is 1. The lowest BCUT2D eigenvalue weighted by Crippen LogP contribution is -2.30. The molecule has 2 heterocycles. The standard InChI is InChI=1S/C21H25N5O2/c1-15(2)13-23-20(27)16-6-8-17(9-7-16)25-21(28)22-11-10-18-14-26-12-4-3-5-19(26)24-18/h3-9,12,14-15H,10-11,13H2,1-2H3,(H,23,27)(H2,22,25,28). The lowest BCUT2D eigenvalue weighted by Gasteiger charge is -2.09. The molecular weight excluding hydrogens is 354 g/mol. The van der Waals surface area contributed by atoms with Gasteiger partial charge in [-0.2, -0.15) is 0 Å². The number of imidazole rings is 1. The molecule has 0 saturated carbocycles. The molecule has 0 unspecified atom stereocenters. The number of benzene rings is 1. The number of rotatable bonds is 7. The van der Waals surface area contributed by atoms with Crippen LogP contribution in [0, 0.1) is 5.92 Å². The first-order chi connectivity index (χ1) is 13.5. The van der Waals surface area contributed by atoms with E-state index in [2.05, 4.69) is 20.9 Å². The third-order valence-electron chi connectivity index (χ3n) is 4.16. The highest BCUT2D eigenvalue weighted by molar-refractivity contribution is 5.95. The number of nitrogens with zero attached hydrogens (tertiary/aromatic N) is 2. The molecular formula is C21H25N5O2. The number of hydrogen-bond acceptors (Lipinski definition) is 3. The van der Waals surface area contributed by atoms with E-state index in [1.54, 1.807) is 24.3 Å². The molecule has 7 heteroatoms. The second-order valence-electron chi connectivity index (χ2n) is 7.01. The van der Waals surface area contributed by atoms with E-state index in [4.69, 9.17) is 0 Å². The van der Waals surface area contributed by atoms with Gasteiger partial charge in [-0.1, -0.05) is 19.9 Å². The van der Waals surface area contributed by atoms with Gasteiger partial charge >= 0.3 is 6.03 Å². The van der Waals surface area contributed by atoms with E-state index >= 15 is 0 Å². The summed E-state index contributed by atoms with van der Waals surface area (Å²) in [6.07, 6.45) is 4.54. The number of fused-ring (bicyclic) bond motifs is 1. The van der Waals surface area contributed by atoms with E-state index in [1.807, 2.05) is 48.8 Å². The van der Waals surface area contributed by atoms with Gasteiger partial charge in [0.05, 0.1) is 5.69 Å². The lowest BCUT2D eigenvalue weighted by atomic mass is 10.1. The minimum atomic E-state index is -0.291. The van der Waals surface area contributed by atoms with E-state index in [0.29, 0.717) is 36.7 Å². The third kappa shape index (κ3) is 5.33. The van der Waals surface area contributed by atoms with Crippen LogP contribution in [-0.2, 0) is 6.42 Å². The van der Waals surface area contributed by atoms with Crippen LogP contribution in [0.25, 0.3) is 5.65 Å². The van der Waals surface area contributed by atoms with Gasteiger partial charge in [-0.05, 0) is 42.3 Å². The average Bonchev–Trinajstić information content (AvgIpc) is 3.09. The Bertz CT molecular complexity index is 914. The van der Waals surface area contributed by atoms with E-state index in [1.165, 1.54) is 0 Å². The molecule has 3 rings (SSSR count). The SMILES string of the molecule is CC(C)CNC(=O)c1ccc(NC(=O)NCCc2cn3ccccc3n2)cc1. The van der Waals surface area contributed by atoms with Crippen molar-refractivity contribution in [3.63, 3.8) is 0 Å². The second-order valence-corrected chi connectivity index (χ2v) is 7.01. The van der Waals surface area contributed by atoms with E-state index < -0.39 is 0 Å². The Labute approximate surface area is 164 Å². The summed E-state index contributed by atoms with van der Waals surface area (Å²) in [5.41, 5.74) is 3.01. The summed E-state index contributed by atoms with van der Waals surface area (Å²) in [6.45, 7) is 5.20. The predicted molar refractivity (Wildman–Crippen MR) is 110 cm³/mol. The fourth-order valence-corrected chi connectivity index (χ4v) is 2.69. The highest BCUT2D eigenvalue weighted by Gasteiger charge is 2.07. The van der Waals surface area contributed by atoms with Crippen LogP contribution >= 0.6 is 0 Å². The smallest absolute Gasteiger partial charge is 0.319 e. The predicted octanol–water partition coefficient (Wildman–Crippen LogP) is 3.08.